The van der Waals surface area contributed by atoms with Gasteiger partial charge in [0.1, 0.15) is 11.4 Å². The lowest BCUT2D eigenvalue weighted by Gasteiger charge is -2.35. The van der Waals surface area contributed by atoms with E-state index in [1.807, 2.05) is 13.0 Å². The second-order valence-electron chi connectivity index (χ2n) is 4.74. The third kappa shape index (κ3) is 2.77. The van der Waals surface area contributed by atoms with Gasteiger partial charge < -0.3 is 11.1 Å². The van der Waals surface area contributed by atoms with Gasteiger partial charge in [0.25, 0.3) is 0 Å². The first-order valence-corrected chi connectivity index (χ1v) is 7.10. The van der Waals surface area contributed by atoms with Crippen LogP contribution in [0.25, 0.3) is 0 Å². The van der Waals surface area contributed by atoms with Gasteiger partial charge in [-0.2, -0.15) is 11.8 Å². The van der Waals surface area contributed by atoms with Gasteiger partial charge in [0.05, 0.1) is 0 Å². The van der Waals surface area contributed by atoms with Gasteiger partial charge in [0.2, 0.25) is 5.91 Å². The fraction of sp³-hybridized carbons (Fsp3) is 0.462. The van der Waals surface area contributed by atoms with E-state index < -0.39 is 5.54 Å². The molecule has 0 spiro atoms. The van der Waals surface area contributed by atoms with Crippen molar-refractivity contribution in [3.05, 3.63) is 29.6 Å². The van der Waals surface area contributed by atoms with E-state index in [-0.39, 0.29) is 11.7 Å². The van der Waals surface area contributed by atoms with Crippen molar-refractivity contribution in [3.8, 4) is 0 Å². The fourth-order valence-electron chi connectivity index (χ4n) is 2.23. The van der Waals surface area contributed by atoms with Crippen LogP contribution >= 0.6 is 11.8 Å². The normalized spacial score (nSPS) is 23.7. The van der Waals surface area contributed by atoms with E-state index in [9.17, 15) is 9.18 Å². The molecule has 0 saturated carbocycles. The Balaban J connectivity index is 2.25. The molecule has 0 aromatic heterocycles. The molecule has 1 unspecified atom stereocenters. The van der Waals surface area contributed by atoms with E-state index in [0.717, 1.165) is 17.7 Å². The van der Waals surface area contributed by atoms with E-state index in [1.54, 1.807) is 11.8 Å². The van der Waals surface area contributed by atoms with Crippen molar-refractivity contribution in [3.63, 3.8) is 0 Å². The number of anilines is 1. The summed E-state index contributed by atoms with van der Waals surface area (Å²) in [7, 11) is 0. The lowest BCUT2D eigenvalue weighted by Crippen LogP contribution is -2.54. The van der Waals surface area contributed by atoms with Crippen LogP contribution in [0.5, 0.6) is 0 Å². The number of rotatable bonds is 3. The minimum absolute atomic E-state index is 0.305. The largest absolute Gasteiger partial charge is 0.370 e. The minimum Gasteiger partial charge on any atom is -0.370 e. The first-order chi connectivity index (χ1) is 8.52. The zero-order valence-electron chi connectivity index (χ0n) is 10.3. The van der Waals surface area contributed by atoms with Crippen molar-refractivity contribution in [1.29, 1.82) is 0 Å². The zero-order chi connectivity index (χ0) is 13.2. The number of halogens is 1. The quantitative estimate of drug-likeness (QED) is 0.884. The number of hydrogen-bond acceptors (Lipinski definition) is 3. The molecule has 5 heteroatoms. The lowest BCUT2D eigenvalue weighted by molar-refractivity contribution is -0.121. The molecule has 1 aliphatic rings. The van der Waals surface area contributed by atoms with Crippen LogP contribution in [0.3, 0.4) is 0 Å². The number of aryl methyl sites for hydroxylation is 1. The lowest BCUT2D eigenvalue weighted by atomic mass is 9.94. The summed E-state index contributed by atoms with van der Waals surface area (Å²) in [5.74, 6) is 1.01. The van der Waals surface area contributed by atoms with E-state index >= 15 is 0 Å². The highest BCUT2D eigenvalue weighted by Gasteiger charge is 2.38. The fourth-order valence-corrected chi connectivity index (χ4v) is 3.43. The second-order valence-corrected chi connectivity index (χ2v) is 5.85. The van der Waals surface area contributed by atoms with Crippen molar-refractivity contribution >= 4 is 23.4 Å². The minimum atomic E-state index is -0.747. The maximum absolute atomic E-state index is 13.3. The molecule has 1 amide bonds. The average Bonchev–Trinajstić information content (AvgIpc) is 2.28. The number of carbonyl (C=O) groups is 1. The number of thioether (sulfide) groups is 1. The number of hydrogen-bond donors (Lipinski definition) is 2. The van der Waals surface area contributed by atoms with Crippen molar-refractivity contribution < 1.29 is 9.18 Å². The summed E-state index contributed by atoms with van der Waals surface area (Å²) in [6, 6.07) is 4.68. The van der Waals surface area contributed by atoms with Crippen LogP contribution < -0.4 is 11.1 Å². The first kappa shape index (κ1) is 13.2. The molecule has 3 nitrogen and oxygen atoms in total. The molecule has 18 heavy (non-hydrogen) atoms. The Kier molecular flexibility index (Phi) is 3.80. The summed E-state index contributed by atoms with van der Waals surface area (Å²) in [4.78, 5) is 11.7. The van der Waals surface area contributed by atoms with Gasteiger partial charge in [0.15, 0.2) is 0 Å². The number of carbonyl (C=O) groups excluding carboxylic acids is 1. The Morgan fingerprint density at radius 1 is 1.50 bits per heavy atom. The van der Waals surface area contributed by atoms with Crippen molar-refractivity contribution in [2.75, 3.05) is 16.8 Å². The summed E-state index contributed by atoms with van der Waals surface area (Å²) in [6.45, 7) is 1.82. The second kappa shape index (κ2) is 5.18. The molecule has 2 rings (SSSR count). The monoisotopic (exact) mass is 268 g/mol. The van der Waals surface area contributed by atoms with Gasteiger partial charge >= 0.3 is 0 Å². The molecule has 1 aromatic carbocycles. The van der Waals surface area contributed by atoms with E-state index in [4.69, 9.17) is 5.73 Å². The molecule has 0 bridgehead atoms. The van der Waals surface area contributed by atoms with Crippen molar-refractivity contribution in [2.24, 2.45) is 5.73 Å². The van der Waals surface area contributed by atoms with Crippen LogP contribution in [-0.2, 0) is 4.79 Å². The van der Waals surface area contributed by atoms with Crippen LogP contribution in [0.1, 0.15) is 18.4 Å². The highest BCUT2D eigenvalue weighted by Crippen LogP contribution is 2.30. The highest BCUT2D eigenvalue weighted by molar-refractivity contribution is 7.99. The Hall–Kier alpha value is -1.23. The molecule has 1 heterocycles. The summed E-state index contributed by atoms with van der Waals surface area (Å²) >= 11 is 1.70. The van der Waals surface area contributed by atoms with Gasteiger partial charge in [-0.05, 0) is 49.3 Å². The Morgan fingerprint density at radius 3 is 2.83 bits per heavy atom. The first-order valence-electron chi connectivity index (χ1n) is 5.95. The van der Waals surface area contributed by atoms with Crippen LogP contribution in [0.4, 0.5) is 10.1 Å². The van der Waals surface area contributed by atoms with Crippen LogP contribution in [0.2, 0.25) is 0 Å². The molecular formula is C13H17FN2OS. The summed E-state index contributed by atoms with van der Waals surface area (Å²) in [5, 5.41) is 3.14. The smallest absolute Gasteiger partial charge is 0.243 e. The number of nitrogens with one attached hydrogen (secondary N) is 1. The van der Waals surface area contributed by atoms with Gasteiger partial charge in [0, 0.05) is 11.4 Å². The third-order valence-electron chi connectivity index (χ3n) is 3.14. The molecule has 98 valence electrons. The van der Waals surface area contributed by atoms with Crippen LogP contribution in [0.15, 0.2) is 18.2 Å². The van der Waals surface area contributed by atoms with Crippen LogP contribution in [-0.4, -0.2) is 23.0 Å². The highest BCUT2D eigenvalue weighted by atomic mass is 32.2. The van der Waals surface area contributed by atoms with E-state index in [0.29, 0.717) is 17.9 Å². The topological polar surface area (TPSA) is 55.1 Å². The molecular weight excluding hydrogens is 251 g/mol. The van der Waals surface area contributed by atoms with E-state index in [2.05, 4.69) is 5.32 Å². The SMILES string of the molecule is Cc1cc(F)cc(NC2(C(N)=O)CCCSC2)c1. The Labute approximate surface area is 110 Å². The van der Waals surface area contributed by atoms with Crippen molar-refractivity contribution in [2.45, 2.75) is 25.3 Å². The number of primary amides is 1. The Morgan fingerprint density at radius 2 is 2.28 bits per heavy atom. The predicted molar refractivity (Wildman–Crippen MR) is 73.2 cm³/mol. The predicted octanol–water partition coefficient (Wildman–Crippen LogP) is 2.30. The zero-order valence-corrected chi connectivity index (χ0v) is 11.1. The molecule has 0 aliphatic carbocycles. The maximum Gasteiger partial charge on any atom is 0.243 e. The molecule has 0 radical (unpaired) electrons. The van der Waals surface area contributed by atoms with Gasteiger partial charge in [-0.15, -0.1) is 0 Å². The molecule has 3 N–H and O–H groups in total. The molecule has 1 saturated heterocycles. The van der Waals surface area contributed by atoms with Gasteiger partial charge in [-0.1, -0.05) is 0 Å². The van der Waals surface area contributed by atoms with Crippen molar-refractivity contribution in [1.82, 2.24) is 0 Å². The summed E-state index contributed by atoms with van der Waals surface area (Å²) in [6.07, 6.45) is 1.64. The Bertz CT molecular complexity index is 438. The molecule has 1 aliphatic heterocycles. The van der Waals surface area contributed by atoms with Gasteiger partial charge in [-0.25, -0.2) is 4.39 Å². The van der Waals surface area contributed by atoms with Crippen LogP contribution in [0, 0.1) is 12.7 Å². The van der Waals surface area contributed by atoms with E-state index in [1.165, 1.54) is 12.1 Å². The molecule has 1 fully saturated rings. The number of benzene rings is 1. The number of nitrogens with two attached hydrogens (primary N) is 1. The third-order valence-corrected chi connectivity index (χ3v) is 4.41. The average molecular weight is 268 g/mol. The molecule has 1 atom stereocenters. The maximum atomic E-state index is 13.3. The summed E-state index contributed by atoms with van der Waals surface area (Å²) < 4.78 is 13.3. The standard InChI is InChI=1S/C13H17FN2OS/c1-9-5-10(14)7-11(6-9)16-13(12(15)17)3-2-4-18-8-13/h5-7,16H,2-4,8H2,1H3,(H2,15,17). The molecule has 1 aromatic rings. The summed E-state index contributed by atoms with van der Waals surface area (Å²) in [5.41, 5.74) is 6.21. The number of amides is 1. The van der Waals surface area contributed by atoms with Gasteiger partial charge in [-0.3, -0.25) is 4.79 Å².